The van der Waals surface area contributed by atoms with Gasteiger partial charge in [-0.3, -0.25) is 4.79 Å². The molecule has 5 nitrogen and oxygen atoms in total. The SMILES string of the molecule is Cc1cc(NC(=O)C[C@@H]2CCC[C@H]2N)n(-c2ccccc2C(F)(F)F)n1.Cl. The molecular formula is C18H22ClF3N4O. The third-order valence-electron chi connectivity index (χ3n) is 4.70. The average molecular weight is 403 g/mol. The Balaban J connectivity index is 0.00000261. The van der Waals surface area contributed by atoms with E-state index in [1.165, 1.54) is 18.2 Å². The molecule has 0 bridgehead atoms. The number of aromatic nitrogens is 2. The Kier molecular flexibility index (Phi) is 6.54. The highest BCUT2D eigenvalue weighted by Crippen LogP contribution is 2.35. The number of carbonyl (C=O) groups is 1. The highest BCUT2D eigenvalue weighted by atomic mass is 35.5. The Morgan fingerprint density at radius 1 is 1.33 bits per heavy atom. The number of benzene rings is 1. The third kappa shape index (κ3) is 4.81. The van der Waals surface area contributed by atoms with Crippen molar-refractivity contribution in [3.63, 3.8) is 0 Å². The van der Waals surface area contributed by atoms with Gasteiger partial charge in [-0.25, -0.2) is 4.68 Å². The molecule has 1 saturated carbocycles. The van der Waals surface area contributed by atoms with Crippen LogP contribution in [0, 0.1) is 12.8 Å². The fourth-order valence-electron chi connectivity index (χ4n) is 3.42. The lowest BCUT2D eigenvalue weighted by molar-refractivity contribution is -0.137. The number of rotatable bonds is 4. The van der Waals surface area contributed by atoms with Gasteiger partial charge < -0.3 is 11.1 Å². The predicted octanol–water partition coefficient (Wildman–Crippen LogP) is 4.08. The van der Waals surface area contributed by atoms with Gasteiger partial charge in [-0.05, 0) is 37.8 Å². The highest BCUT2D eigenvalue weighted by Gasteiger charge is 2.34. The standard InChI is InChI=1S/C18H21F3N4O.ClH/c1-11-9-16(23-17(26)10-12-5-4-7-14(12)22)25(24-11)15-8-3-2-6-13(15)18(19,20)21;/h2-3,6,8-9,12,14H,4-5,7,10,22H2,1H3,(H,23,26);1H/t12-,14+;/m0./s1. The van der Waals surface area contributed by atoms with Crippen molar-refractivity contribution in [3.05, 3.63) is 41.6 Å². The first-order chi connectivity index (χ1) is 12.3. The first-order valence-electron chi connectivity index (χ1n) is 8.54. The van der Waals surface area contributed by atoms with Crippen molar-refractivity contribution in [3.8, 4) is 5.69 Å². The summed E-state index contributed by atoms with van der Waals surface area (Å²) in [5, 5.41) is 6.83. The number of nitrogens with zero attached hydrogens (tertiary/aromatic N) is 2. The van der Waals surface area contributed by atoms with E-state index in [0.29, 0.717) is 5.69 Å². The second-order valence-corrected chi connectivity index (χ2v) is 6.70. The van der Waals surface area contributed by atoms with Gasteiger partial charge in [-0.15, -0.1) is 12.4 Å². The van der Waals surface area contributed by atoms with Crippen LogP contribution in [0.1, 0.15) is 36.9 Å². The van der Waals surface area contributed by atoms with Crippen LogP contribution in [0.5, 0.6) is 0 Å². The Morgan fingerprint density at radius 2 is 2.04 bits per heavy atom. The summed E-state index contributed by atoms with van der Waals surface area (Å²) in [6.45, 7) is 1.66. The highest BCUT2D eigenvalue weighted by molar-refractivity contribution is 5.90. The molecular weight excluding hydrogens is 381 g/mol. The first-order valence-corrected chi connectivity index (χ1v) is 8.54. The molecule has 0 spiro atoms. The zero-order valence-electron chi connectivity index (χ0n) is 14.8. The maximum Gasteiger partial charge on any atom is 0.418 e. The summed E-state index contributed by atoms with van der Waals surface area (Å²) >= 11 is 0. The second-order valence-electron chi connectivity index (χ2n) is 6.70. The van der Waals surface area contributed by atoms with Crippen molar-refractivity contribution in [1.29, 1.82) is 0 Å². The van der Waals surface area contributed by atoms with E-state index in [1.807, 2.05) is 0 Å². The van der Waals surface area contributed by atoms with Crippen LogP contribution >= 0.6 is 12.4 Å². The molecule has 0 radical (unpaired) electrons. The van der Waals surface area contributed by atoms with Crippen LogP contribution in [-0.2, 0) is 11.0 Å². The van der Waals surface area contributed by atoms with E-state index in [9.17, 15) is 18.0 Å². The van der Waals surface area contributed by atoms with Crippen LogP contribution < -0.4 is 11.1 Å². The quantitative estimate of drug-likeness (QED) is 0.809. The van der Waals surface area contributed by atoms with E-state index >= 15 is 0 Å². The topological polar surface area (TPSA) is 72.9 Å². The van der Waals surface area contributed by atoms with E-state index in [0.717, 1.165) is 30.0 Å². The van der Waals surface area contributed by atoms with Crippen LogP contribution in [0.4, 0.5) is 19.0 Å². The number of hydrogen-bond acceptors (Lipinski definition) is 3. The summed E-state index contributed by atoms with van der Waals surface area (Å²) in [5.74, 6) is 0.0590. The third-order valence-corrected chi connectivity index (χ3v) is 4.70. The maximum atomic E-state index is 13.3. The number of nitrogens with one attached hydrogen (secondary N) is 1. The molecule has 3 N–H and O–H groups in total. The Labute approximate surface area is 161 Å². The van der Waals surface area contributed by atoms with E-state index in [-0.39, 0.29) is 48.2 Å². The molecule has 3 rings (SSSR count). The number of alkyl halides is 3. The molecule has 0 saturated heterocycles. The number of carbonyl (C=O) groups excluding carboxylic acids is 1. The summed E-state index contributed by atoms with van der Waals surface area (Å²) in [5.41, 5.74) is 5.57. The number of halogens is 4. The molecule has 1 aliphatic carbocycles. The molecule has 9 heteroatoms. The first kappa shape index (κ1) is 21.2. The zero-order valence-corrected chi connectivity index (χ0v) is 15.6. The van der Waals surface area contributed by atoms with Crippen LogP contribution in [0.25, 0.3) is 5.69 Å². The largest absolute Gasteiger partial charge is 0.418 e. The number of amides is 1. The average Bonchev–Trinajstić information content (AvgIpc) is 3.12. The zero-order chi connectivity index (χ0) is 18.9. The smallest absolute Gasteiger partial charge is 0.327 e. The predicted molar refractivity (Wildman–Crippen MR) is 99.1 cm³/mol. The molecule has 1 aromatic heterocycles. The summed E-state index contributed by atoms with van der Waals surface area (Å²) in [7, 11) is 0. The van der Waals surface area contributed by atoms with Gasteiger partial charge in [0, 0.05) is 18.5 Å². The molecule has 1 amide bonds. The van der Waals surface area contributed by atoms with Crippen LogP contribution in [0.15, 0.2) is 30.3 Å². The van der Waals surface area contributed by atoms with Gasteiger partial charge in [-0.1, -0.05) is 18.6 Å². The molecule has 1 aromatic carbocycles. The summed E-state index contributed by atoms with van der Waals surface area (Å²) in [6, 6.07) is 6.71. The lowest BCUT2D eigenvalue weighted by atomic mass is 10.00. The van der Waals surface area contributed by atoms with Crippen LogP contribution in [0.2, 0.25) is 0 Å². The van der Waals surface area contributed by atoms with Crippen molar-refractivity contribution in [1.82, 2.24) is 9.78 Å². The summed E-state index contributed by atoms with van der Waals surface area (Å²) in [6.07, 6.45) is -1.48. The van der Waals surface area contributed by atoms with Crippen molar-refractivity contribution in [2.24, 2.45) is 11.7 Å². The normalized spacial score (nSPS) is 19.6. The molecule has 1 aliphatic rings. The van der Waals surface area contributed by atoms with E-state index < -0.39 is 11.7 Å². The van der Waals surface area contributed by atoms with Gasteiger partial charge in [0.25, 0.3) is 0 Å². The van der Waals surface area contributed by atoms with Gasteiger partial charge in [-0.2, -0.15) is 18.3 Å². The van der Waals surface area contributed by atoms with Gasteiger partial charge >= 0.3 is 6.18 Å². The number of hydrogen-bond donors (Lipinski definition) is 2. The molecule has 0 aliphatic heterocycles. The second kappa shape index (κ2) is 8.31. The van der Waals surface area contributed by atoms with Gasteiger partial charge in [0.05, 0.1) is 16.9 Å². The van der Waals surface area contributed by atoms with Crippen molar-refractivity contribution in [2.45, 2.75) is 44.8 Å². The monoisotopic (exact) mass is 402 g/mol. The number of aryl methyl sites for hydroxylation is 1. The molecule has 2 atom stereocenters. The molecule has 0 unspecified atom stereocenters. The Bertz CT molecular complexity index is 806. The van der Waals surface area contributed by atoms with Crippen LogP contribution in [-0.4, -0.2) is 21.7 Å². The van der Waals surface area contributed by atoms with Crippen molar-refractivity contribution >= 4 is 24.1 Å². The number of anilines is 1. The minimum Gasteiger partial charge on any atom is -0.327 e. The van der Waals surface area contributed by atoms with E-state index in [2.05, 4.69) is 10.4 Å². The number of para-hydroxylation sites is 1. The molecule has 2 aromatic rings. The van der Waals surface area contributed by atoms with Crippen LogP contribution in [0.3, 0.4) is 0 Å². The minimum absolute atomic E-state index is 0. The fourth-order valence-corrected chi connectivity index (χ4v) is 3.42. The van der Waals surface area contributed by atoms with E-state index in [4.69, 9.17) is 5.73 Å². The van der Waals surface area contributed by atoms with Gasteiger partial charge in [0.1, 0.15) is 5.82 Å². The lowest BCUT2D eigenvalue weighted by Crippen LogP contribution is -2.28. The maximum absolute atomic E-state index is 13.3. The number of nitrogens with two attached hydrogens (primary N) is 1. The Hall–Kier alpha value is -2.06. The Morgan fingerprint density at radius 3 is 2.67 bits per heavy atom. The van der Waals surface area contributed by atoms with Gasteiger partial charge in [0.15, 0.2) is 0 Å². The molecule has 1 heterocycles. The fraction of sp³-hybridized carbons (Fsp3) is 0.444. The molecule has 1 fully saturated rings. The lowest BCUT2D eigenvalue weighted by Gasteiger charge is -2.17. The van der Waals surface area contributed by atoms with Crippen molar-refractivity contribution in [2.75, 3.05) is 5.32 Å². The summed E-state index contributed by atoms with van der Waals surface area (Å²) < 4.78 is 41.0. The molecule has 27 heavy (non-hydrogen) atoms. The van der Waals surface area contributed by atoms with Gasteiger partial charge in [0.2, 0.25) is 5.91 Å². The van der Waals surface area contributed by atoms with Crippen molar-refractivity contribution < 1.29 is 18.0 Å². The van der Waals surface area contributed by atoms with E-state index in [1.54, 1.807) is 13.0 Å². The minimum atomic E-state index is -4.52. The molecule has 148 valence electrons. The summed E-state index contributed by atoms with van der Waals surface area (Å²) in [4.78, 5) is 12.4.